The van der Waals surface area contributed by atoms with E-state index in [1.807, 2.05) is 18.2 Å². The predicted octanol–water partition coefficient (Wildman–Crippen LogP) is 1.86. The summed E-state index contributed by atoms with van der Waals surface area (Å²) in [7, 11) is -0.663. The largest absolute Gasteiger partial charge is 0.305 e. The average molecular weight is 223 g/mol. The minimum atomic E-state index is -0.663. The van der Waals surface area contributed by atoms with Crippen molar-refractivity contribution >= 4 is 10.8 Å². The fraction of sp³-hybridized carbons (Fsp3) is 0.500. The fourth-order valence-corrected chi connectivity index (χ4v) is 3.55. The van der Waals surface area contributed by atoms with Gasteiger partial charge in [0.15, 0.2) is 0 Å². The maximum atomic E-state index is 11.7. The summed E-state index contributed by atoms with van der Waals surface area (Å²) in [5.41, 5.74) is 1.25. The van der Waals surface area contributed by atoms with Crippen LogP contribution in [0.15, 0.2) is 30.3 Å². The van der Waals surface area contributed by atoms with E-state index < -0.39 is 10.8 Å². The molecule has 1 aromatic carbocycles. The highest BCUT2D eigenvalue weighted by atomic mass is 32.2. The number of benzene rings is 1. The monoisotopic (exact) mass is 223 g/mol. The Kier molecular flexibility index (Phi) is 3.54. The molecule has 0 amide bonds. The zero-order chi connectivity index (χ0) is 10.7. The van der Waals surface area contributed by atoms with Gasteiger partial charge in [-0.3, -0.25) is 4.21 Å². The van der Waals surface area contributed by atoms with Crippen molar-refractivity contribution in [1.29, 1.82) is 0 Å². The van der Waals surface area contributed by atoms with Gasteiger partial charge in [0.25, 0.3) is 0 Å². The highest BCUT2D eigenvalue weighted by molar-refractivity contribution is 7.85. The van der Waals surface area contributed by atoms with Crippen molar-refractivity contribution in [2.75, 3.05) is 11.5 Å². The molecule has 1 aliphatic rings. The van der Waals surface area contributed by atoms with E-state index in [0.29, 0.717) is 6.04 Å². The summed E-state index contributed by atoms with van der Waals surface area (Å²) < 4.78 is 11.7. The Morgan fingerprint density at radius 3 is 2.73 bits per heavy atom. The number of rotatable bonds is 2. The van der Waals surface area contributed by atoms with Gasteiger partial charge in [-0.15, -0.1) is 0 Å². The van der Waals surface area contributed by atoms with Crippen molar-refractivity contribution in [2.24, 2.45) is 0 Å². The van der Waals surface area contributed by atoms with Gasteiger partial charge in [-0.05, 0) is 12.0 Å². The Hall–Kier alpha value is -0.670. The van der Waals surface area contributed by atoms with E-state index in [1.54, 1.807) is 0 Å². The van der Waals surface area contributed by atoms with Crippen molar-refractivity contribution in [1.82, 2.24) is 5.32 Å². The van der Waals surface area contributed by atoms with Gasteiger partial charge < -0.3 is 5.32 Å². The van der Waals surface area contributed by atoms with Crippen molar-refractivity contribution < 1.29 is 4.21 Å². The van der Waals surface area contributed by atoms with Gasteiger partial charge in [-0.2, -0.15) is 0 Å². The first-order chi connectivity index (χ1) is 7.29. The Morgan fingerprint density at radius 2 is 2.07 bits per heavy atom. The van der Waals surface area contributed by atoms with E-state index in [2.05, 4.69) is 24.4 Å². The topological polar surface area (TPSA) is 29.1 Å². The molecule has 0 saturated carbocycles. The molecule has 1 N–H and O–H groups in total. The second kappa shape index (κ2) is 4.90. The Bertz CT molecular complexity index is 339. The fourth-order valence-electron chi connectivity index (χ4n) is 1.97. The van der Waals surface area contributed by atoms with Gasteiger partial charge in [-0.25, -0.2) is 0 Å². The molecule has 0 spiro atoms. The number of hydrogen-bond donors (Lipinski definition) is 1. The highest BCUT2D eigenvalue weighted by Gasteiger charge is 2.25. The molecule has 0 aliphatic carbocycles. The van der Waals surface area contributed by atoms with Crippen molar-refractivity contribution in [3.8, 4) is 0 Å². The lowest BCUT2D eigenvalue weighted by atomic mass is 10.1. The van der Waals surface area contributed by atoms with Gasteiger partial charge in [0, 0.05) is 34.4 Å². The maximum Gasteiger partial charge on any atom is 0.0439 e. The summed E-state index contributed by atoms with van der Waals surface area (Å²) in [6, 6.07) is 11.0. The summed E-state index contributed by atoms with van der Waals surface area (Å²) in [4.78, 5) is 0. The molecule has 0 radical (unpaired) electrons. The van der Waals surface area contributed by atoms with Gasteiger partial charge in [0.1, 0.15) is 0 Å². The third kappa shape index (κ3) is 2.67. The third-order valence-corrected chi connectivity index (χ3v) is 4.35. The normalized spacial score (nSPS) is 31.4. The molecule has 15 heavy (non-hydrogen) atoms. The molecule has 0 aromatic heterocycles. The molecule has 1 heterocycles. The van der Waals surface area contributed by atoms with Gasteiger partial charge in [0.05, 0.1) is 0 Å². The highest BCUT2D eigenvalue weighted by Crippen LogP contribution is 2.19. The van der Waals surface area contributed by atoms with Crippen LogP contribution in [0.25, 0.3) is 0 Å². The van der Waals surface area contributed by atoms with E-state index in [1.165, 1.54) is 5.56 Å². The van der Waals surface area contributed by atoms with Crippen molar-refractivity contribution in [3.63, 3.8) is 0 Å². The molecule has 82 valence electrons. The molecule has 1 saturated heterocycles. The predicted molar refractivity (Wildman–Crippen MR) is 64.3 cm³/mol. The van der Waals surface area contributed by atoms with Crippen LogP contribution in [-0.4, -0.2) is 21.8 Å². The van der Waals surface area contributed by atoms with Crippen molar-refractivity contribution in [3.05, 3.63) is 35.9 Å². The minimum Gasteiger partial charge on any atom is -0.305 e. The van der Waals surface area contributed by atoms with Crippen LogP contribution in [0.2, 0.25) is 0 Å². The zero-order valence-electron chi connectivity index (χ0n) is 8.98. The summed E-state index contributed by atoms with van der Waals surface area (Å²) in [5.74, 6) is 1.56. The lowest BCUT2D eigenvalue weighted by Gasteiger charge is -2.30. The van der Waals surface area contributed by atoms with Gasteiger partial charge in [-0.1, -0.05) is 37.3 Å². The van der Waals surface area contributed by atoms with Crippen LogP contribution in [0, 0.1) is 0 Å². The standard InChI is InChI=1S/C12H17NOS/c1-2-11-8-15(14)9-12(13-11)10-6-4-3-5-7-10/h3-7,11-13H,2,8-9H2,1H3. The van der Waals surface area contributed by atoms with Crippen molar-refractivity contribution in [2.45, 2.75) is 25.4 Å². The van der Waals surface area contributed by atoms with Crippen LogP contribution in [0.4, 0.5) is 0 Å². The lowest BCUT2D eigenvalue weighted by molar-refractivity contribution is 0.456. The molecular formula is C12H17NOS. The second-order valence-corrected chi connectivity index (χ2v) is 5.55. The summed E-state index contributed by atoms with van der Waals surface area (Å²) in [6.07, 6.45) is 1.05. The Labute approximate surface area is 93.5 Å². The molecule has 3 unspecified atom stereocenters. The minimum absolute atomic E-state index is 0.269. The zero-order valence-corrected chi connectivity index (χ0v) is 9.80. The SMILES string of the molecule is CCC1CS(=O)CC(c2ccccc2)N1. The molecular weight excluding hydrogens is 206 g/mol. The van der Waals surface area contributed by atoms with E-state index in [9.17, 15) is 4.21 Å². The summed E-state index contributed by atoms with van der Waals surface area (Å²) in [5, 5.41) is 3.56. The first kappa shape index (κ1) is 10.8. The average Bonchev–Trinajstić information content (AvgIpc) is 2.29. The third-order valence-electron chi connectivity index (χ3n) is 2.87. The smallest absolute Gasteiger partial charge is 0.0439 e. The van der Waals surface area contributed by atoms with Crippen LogP contribution in [0.1, 0.15) is 24.9 Å². The molecule has 3 atom stereocenters. The lowest BCUT2D eigenvalue weighted by Crippen LogP contribution is -2.44. The van der Waals surface area contributed by atoms with Crippen LogP contribution in [-0.2, 0) is 10.8 Å². The van der Waals surface area contributed by atoms with Crippen LogP contribution in [0.3, 0.4) is 0 Å². The van der Waals surface area contributed by atoms with E-state index >= 15 is 0 Å². The number of hydrogen-bond acceptors (Lipinski definition) is 2. The summed E-state index contributed by atoms with van der Waals surface area (Å²) in [6.45, 7) is 2.14. The Balaban J connectivity index is 2.12. The molecule has 2 nitrogen and oxygen atoms in total. The van der Waals surface area contributed by atoms with E-state index in [-0.39, 0.29) is 6.04 Å². The van der Waals surface area contributed by atoms with E-state index in [4.69, 9.17) is 0 Å². The molecule has 1 aromatic rings. The number of nitrogens with one attached hydrogen (secondary N) is 1. The Morgan fingerprint density at radius 1 is 1.33 bits per heavy atom. The van der Waals surface area contributed by atoms with Crippen LogP contribution in [0.5, 0.6) is 0 Å². The maximum absolute atomic E-state index is 11.7. The molecule has 1 fully saturated rings. The summed E-state index contributed by atoms with van der Waals surface area (Å²) >= 11 is 0. The quantitative estimate of drug-likeness (QED) is 0.829. The first-order valence-electron chi connectivity index (χ1n) is 5.45. The van der Waals surface area contributed by atoms with Crippen LogP contribution < -0.4 is 5.32 Å². The van der Waals surface area contributed by atoms with Gasteiger partial charge >= 0.3 is 0 Å². The van der Waals surface area contributed by atoms with E-state index in [0.717, 1.165) is 17.9 Å². The molecule has 3 heteroatoms. The van der Waals surface area contributed by atoms with Crippen LogP contribution >= 0.6 is 0 Å². The first-order valence-corrected chi connectivity index (χ1v) is 6.94. The van der Waals surface area contributed by atoms with Gasteiger partial charge in [0.2, 0.25) is 0 Å². The molecule has 2 rings (SSSR count). The molecule has 0 bridgehead atoms. The molecule has 1 aliphatic heterocycles. The second-order valence-electron chi connectivity index (χ2n) is 4.01.